The third-order valence-electron chi connectivity index (χ3n) is 4.67. The lowest BCUT2D eigenvalue weighted by atomic mass is 9.92. The van der Waals surface area contributed by atoms with Crippen molar-refractivity contribution in [2.24, 2.45) is 5.92 Å². The van der Waals surface area contributed by atoms with Gasteiger partial charge in [-0.2, -0.15) is 0 Å². The molecule has 152 valence electrons. The van der Waals surface area contributed by atoms with E-state index in [4.69, 9.17) is 4.74 Å². The minimum atomic E-state index is -3.14. The van der Waals surface area contributed by atoms with Crippen molar-refractivity contribution in [1.82, 2.24) is 4.90 Å². The van der Waals surface area contributed by atoms with E-state index in [-0.39, 0.29) is 6.09 Å². The number of sulfone groups is 1. The van der Waals surface area contributed by atoms with Gasteiger partial charge < -0.3 is 15.0 Å². The summed E-state index contributed by atoms with van der Waals surface area (Å²) in [5.74, 6) is 0.637. The summed E-state index contributed by atoms with van der Waals surface area (Å²) in [6, 6.07) is 6.86. The fraction of sp³-hybridized carbons (Fsp3) is 0.650. The molecule has 0 aliphatic carbocycles. The van der Waals surface area contributed by atoms with E-state index < -0.39 is 15.4 Å². The number of carbonyl (C=O) groups is 1. The molecule has 0 aromatic heterocycles. The second-order valence-corrected chi connectivity index (χ2v) is 10.3. The van der Waals surface area contributed by atoms with Crippen LogP contribution in [0.3, 0.4) is 0 Å². The van der Waals surface area contributed by atoms with Gasteiger partial charge in [-0.05, 0) is 76.6 Å². The third kappa shape index (κ3) is 7.40. The van der Waals surface area contributed by atoms with Gasteiger partial charge in [0.05, 0.1) is 4.90 Å². The molecule has 1 saturated heterocycles. The highest BCUT2D eigenvalue weighted by molar-refractivity contribution is 7.90. The molecule has 1 fully saturated rings. The molecule has 6 nitrogen and oxygen atoms in total. The summed E-state index contributed by atoms with van der Waals surface area (Å²) >= 11 is 0. The van der Waals surface area contributed by atoms with E-state index in [1.54, 1.807) is 24.3 Å². The van der Waals surface area contributed by atoms with Crippen LogP contribution in [0.15, 0.2) is 29.2 Å². The van der Waals surface area contributed by atoms with Crippen LogP contribution in [-0.4, -0.2) is 50.9 Å². The Bertz CT molecular complexity index is 715. The number of hydrogen-bond donors (Lipinski definition) is 1. The normalized spacial score (nSPS) is 16.2. The van der Waals surface area contributed by atoms with Crippen LogP contribution in [-0.2, 0) is 14.6 Å². The Balaban J connectivity index is 1.65. The molecule has 0 bridgehead atoms. The zero-order valence-corrected chi connectivity index (χ0v) is 17.6. The Labute approximate surface area is 163 Å². The number of amides is 1. The van der Waals surface area contributed by atoms with Gasteiger partial charge in [0, 0.05) is 31.6 Å². The molecule has 0 radical (unpaired) electrons. The van der Waals surface area contributed by atoms with Crippen molar-refractivity contribution in [1.29, 1.82) is 0 Å². The Morgan fingerprint density at radius 2 is 1.78 bits per heavy atom. The summed E-state index contributed by atoms with van der Waals surface area (Å²) in [5, 5.41) is 3.34. The molecule has 27 heavy (non-hydrogen) atoms. The van der Waals surface area contributed by atoms with E-state index in [9.17, 15) is 13.2 Å². The topological polar surface area (TPSA) is 75.7 Å². The number of rotatable bonds is 6. The van der Waals surface area contributed by atoms with E-state index in [2.05, 4.69) is 5.32 Å². The highest BCUT2D eigenvalue weighted by Gasteiger charge is 2.26. The second kappa shape index (κ2) is 8.95. The molecule has 1 heterocycles. The number of piperidine rings is 1. The van der Waals surface area contributed by atoms with Crippen LogP contribution in [0.25, 0.3) is 0 Å². The fourth-order valence-electron chi connectivity index (χ4n) is 3.17. The number of likely N-dealkylation sites (tertiary alicyclic amines) is 1. The van der Waals surface area contributed by atoms with Gasteiger partial charge in [0.25, 0.3) is 0 Å². The van der Waals surface area contributed by atoms with Crippen LogP contribution >= 0.6 is 0 Å². The van der Waals surface area contributed by atoms with E-state index in [0.717, 1.165) is 51.0 Å². The lowest BCUT2D eigenvalue weighted by Crippen LogP contribution is -2.41. The summed E-state index contributed by atoms with van der Waals surface area (Å²) in [7, 11) is -3.14. The highest BCUT2D eigenvalue weighted by Crippen LogP contribution is 2.23. The molecule has 2 rings (SSSR count). The van der Waals surface area contributed by atoms with E-state index in [1.165, 1.54) is 6.26 Å². The molecular weight excluding hydrogens is 364 g/mol. The van der Waals surface area contributed by atoms with E-state index in [0.29, 0.717) is 10.8 Å². The molecule has 0 unspecified atom stereocenters. The van der Waals surface area contributed by atoms with Crippen molar-refractivity contribution in [3.05, 3.63) is 24.3 Å². The Kier molecular flexibility index (Phi) is 7.14. The van der Waals surface area contributed by atoms with Gasteiger partial charge in [0.2, 0.25) is 0 Å². The van der Waals surface area contributed by atoms with Crippen LogP contribution in [0.4, 0.5) is 10.5 Å². The first-order chi connectivity index (χ1) is 12.5. The van der Waals surface area contributed by atoms with Crippen LogP contribution in [0, 0.1) is 5.92 Å². The first kappa shape index (κ1) is 21.5. The number of ether oxygens (including phenoxy) is 1. The van der Waals surface area contributed by atoms with E-state index >= 15 is 0 Å². The second-order valence-electron chi connectivity index (χ2n) is 8.28. The molecule has 1 aliphatic heterocycles. The lowest BCUT2D eigenvalue weighted by Gasteiger charge is -2.33. The molecule has 0 saturated carbocycles. The summed E-state index contributed by atoms with van der Waals surface area (Å²) in [5.41, 5.74) is 0.487. The minimum Gasteiger partial charge on any atom is -0.444 e. The van der Waals surface area contributed by atoms with Crippen LogP contribution in [0.2, 0.25) is 0 Å². The molecule has 0 atom stereocenters. The smallest absolute Gasteiger partial charge is 0.410 e. The van der Waals surface area contributed by atoms with Gasteiger partial charge in [-0.25, -0.2) is 13.2 Å². The average molecular weight is 397 g/mol. The maximum atomic E-state index is 12.1. The molecule has 1 aliphatic rings. The quantitative estimate of drug-likeness (QED) is 0.738. The van der Waals surface area contributed by atoms with Gasteiger partial charge >= 0.3 is 6.09 Å². The van der Waals surface area contributed by atoms with Crippen LogP contribution in [0.1, 0.15) is 46.5 Å². The standard InChI is InChI=1S/C20H32N2O4S/c1-20(2,3)26-19(23)22-14-11-16(12-15-22)6-5-13-21-17-7-9-18(10-8-17)27(4,24)25/h7-10,16,21H,5-6,11-15H2,1-4H3. The summed E-state index contributed by atoms with van der Waals surface area (Å²) in [6.45, 7) is 8.04. The number of nitrogens with one attached hydrogen (secondary N) is 1. The average Bonchev–Trinajstić information content (AvgIpc) is 2.57. The van der Waals surface area contributed by atoms with Gasteiger partial charge in [0.1, 0.15) is 5.60 Å². The largest absolute Gasteiger partial charge is 0.444 e. The number of carbonyl (C=O) groups excluding carboxylic acids is 1. The molecule has 1 amide bonds. The van der Waals surface area contributed by atoms with Crippen molar-refractivity contribution in [3.63, 3.8) is 0 Å². The Morgan fingerprint density at radius 3 is 2.30 bits per heavy atom. The maximum Gasteiger partial charge on any atom is 0.410 e. The van der Waals surface area contributed by atoms with Gasteiger partial charge in [-0.3, -0.25) is 0 Å². The van der Waals surface area contributed by atoms with Gasteiger partial charge in [-0.1, -0.05) is 0 Å². The third-order valence-corrected chi connectivity index (χ3v) is 5.80. The Hall–Kier alpha value is -1.76. The summed E-state index contributed by atoms with van der Waals surface area (Å²) < 4.78 is 28.3. The molecule has 1 aromatic rings. The predicted molar refractivity (Wildman–Crippen MR) is 108 cm³/mol. The zero-order valence-electron chi connectivity index (χ0n) is 16.8. The van der Waals surface area contributed by atoms with Crippen molar-refractivity contribution < 1.29 is 17.9 Å². The fourth-order valence-corrected chi connectivity index (χ4v) is 3.80. The van der Waals surface area contributed by atoms with Crippen molar-refractivity contribution in [2.45, 2.75) is 57.0 Å². The molecule has 1 aromatic carbocycles. The maximum absolute atomic E-state index is 12.1. The highest BCUT2D eigenvalue weighted by atomic mass is 32.2. The SMILES string of the molecule is CC(C)(C)OC(=O)N1CCC(CCCNc2ccc(S(C)(=O)=O)cc2)CC1. The monoisotopic (exact) mass is 396 g/mol. The molecule has 7 heteroatoms. The van der Waals surface area contributed by atoms with Crippen LogP contribution in [0.5, 0.6) is 0 Å². The van der Waals surface area contributed by atoms with Crippen molar-refractivity contribution in [3.8, 4) is 0 Å². The van der Waals surface area contributed by atoms with E-state index in [1.807, 2.05) is 25.7 Å². The summed E-state index contributed by atoms with van der Waals surface area (Å²) in [6.07, 6.45) is 5.20. The minimum absolute atomic E-state index is 0.208. The van der Waals surface area contributed by atoms with Gasteiger partial charge in [-0.15, -0.1) is 0 Å². The van der Waals surface area contributed by atoms with Crippen molar-refractivity contribution >= 4 is 21.6 Å². The first-order valence-corrected chi connectivity index (χ1v) is 11.5. The van der Waals surface area contributed by atoms with Crippen molar-refractivity contribution in [2.75, 3.05) is 31.2 Å². The van der Waals surface area contributed by atoms with Crippen LogP contribution < -0.4 is 5.32 Å². The number of hydrogen-bond acceptors (Lipinski definition) is 5. The number of anilines is 1. The Morgan fingerprint density at radius 1 is 1.19 bits per heavy atom. The number of benzene rings is 1. The number of nitrogens with zero attached hydrogens (tertiary/aromatic N) is 1. The molecule has 1 N–H and O–H groups in total. The predicted octanol–water partition coefficient (Wildman–Crippen LogP) is 3.93. The first-order valence-electron chi connectivity index (χ1n) is 9.56. The zero-order chi connectivity index (χ0) is 20.1. The molecule has 0 spiro atoms. The lowest BCUT2D eigenvalue weighted by molar-refractivity contribution is 0.0181. The molecular formula is C20H32N2O4S. The van der Waals surface area contributed by atoms with Gasteiger partial charge in [0.15, 0.2) is 9.84 Å². The summed E-state index contributed by atoms with van der Waals surface area (Å²) in [4.78, 5) is 14.2.